The highest BCUT2D eigenvalue weighted by Crippen LogP contribution is 2.26. The summed E-state index contributed by atoms with van der Waals surface area (Å²) in [7, 11) is 0. The minimum absolute atomic E-state index is 0.227. The van der Waals surface area contributed by atoms with Crippen molar-refractivity contribution in [1.82, 2.24) is 9.78 Å². The summed E-state index contributed by atoms with van der Waals surface area (Å²) in [6.45, 7) is 4.73. The molecule has 0 atom stereocenters. The molecule has 1 aromatic heterocycles. The second kappa shape index (κ2) is 5.31. The molecule has 0 spiro atoms. The molecule has 0 aliphatic carbocycles. The fourth-order valence-electron chi connectivity index (χ4n) is 2.05. The molecule has 1 heterocycles. The van der Waals surface area contributed by atoms with Crippen LogP contribution in [-0.2, 0) is 6.42 Å². The Hall–Kier alpha value is -1.68. The molecule has 96 valence electrons. The van der Waals surface area contributed by atoms with Crippen molar-refractivity contribution < 1.29 is 4.39 Å². The Kier molecular flexibility index (Phi) is 3.77. The minimum Gasteiger partial charge on any atom is -0.330 e. The monoisotopic (exact) mass is 247 g/mol. The minimum atomic E-state index is -0.227. The predicted molar refractivity (Wildman–Crippen MR) is 70.8 cm³/mol. The fraction of sp³-hybridized carbons (Fsp3) is 0.357. The number of halogens is 1. The van der Waals surface area contributed by atoms with Crippen LogP contribution in [0.15, 0.2) is 30.5 Å². The van der Waals surface area contributed by atoms with E-state index in [1.807, 2.05) is 10.9 Å². The maximum absolute atomic E-state index is 13.0. The summed E-state index contributed by atoms with van der Waals surface area (Å²) in [5.41, 5.74) is 8.74. The molecule has 0 amide bonds. The van der Waals surface area contributed by atoms with Crippen molar-refractivity contribution in [2.45, 2.75) is 26.3 Å². The van der Waals surface area contributed by atoms with E-state index in [1.165, 1.54) is 12.1 Å². The van der Waals surface area contributed by atoms with E-state index in [4.69, 9.17) is 5.73 Å². The molecule has 0 aliphatic heterocycles. The van der Waals surface area contributed by atoms with E-state index >= 15 is 0 Å². The van der Waals surface area contributed by atoms with Gasteiger partial charge in [0.25, 0.3) is 0 Å². The third kappa shape index (κ3) is 2.43. The summed E-state index contributed by atoms with van der Waals surface area (Å²) < 4.78 is 15.0. The van der Waals surface area contributed by atoms with Gasteiger partial charge in [-0.1, -0.05) is 0 Å². The Balaban J connectivity index is 2.52. The first kappa shape index (κ1) is 12.8. The summed E-state index contributed by atoms with van der Waals surface area (Å²) in [4.78, 5) is 0. The Labute approximate surface area is 106 Å². The van der Waals surface area contributed by atoms with Crippen molar-refractivity contribution in [1.29, 1.82) is 0 Å². The molecule has 0 aliphatic rings. The molecular formula is C14H18FN3. The van der Waals surface area contributed by atoms with Crippen LogP contribution < -0.4 is 5.73 Å². The lowest BCUT2D eigenvalue weighted by molar-refractivity contribution is 0.538. The number of hydrogen-bond donors (Lipinski definition) is 1. The molecule has 1 aromatic carbocycles. The van der Waals surface area contributed by atoms with E-state index in [0.717, 1.165) is 23.2 Å². The molecule has 2 aromatic rings. The Morgan fingerprint density at radius 2 is 1.94 bits per heavy atom. The van der Waals surface area contributed by atoms with Crippen molar-refractivity contribution in [3.05, 3.63) is 41.8 Å². The van der Waals surface area contributed by atoms with Crippen molar-refractivity contribution >= 4 is 0 Å². The van der Waals surface area contributed by atoms with E-state index in [2.05, 4.69) is 18.9 Å². The lowest BCUT2D eigenvalue weighted by Crippen LogP contribution is -2.07. The largest absolute Gasteiger partial charge is 0.330 e. The highest BCUT2D eigenvalue weighted by molar-refractivity contribution is 5.63. The Bertz CT molecular complexity index is 514. The van der Waals surface area contributed by atoms with Gasteiger partial charge in [-0.3, -0.25) is 4.68 Å². The summed E-state index contributed by atoms with van der Waals surface area (Å²) in [6.07, 6.45) is 2.63. The van der Waals surface area contributed by atoms with Gasteiger partial charge in [-0.25, -0.2) is 4.39 Å². The summed E-state index contributed by atoms with van der Waals surface area (Å²) in [5.74, 6) is -0.227. The van der Waals surface area contributed by atoms with Crippen LogP contribution in [0, 0.1) is 5.82 Å². The van der Waals surface area contributed by atoms with E-state index in [1.54, 1.807) is 12.1 Å². The molecule has 0 radical (unpaired) electrons. The topological polar surface area (TPSA) is 43.8 Å². The number of aromatic nitrogens is 2. The smallest absolute Gasteiger partial charge is 0.123 e. The maximum Gasteiger partial charge on any atom is 0.123 e. The predicted octanol–water partition coefficient (Wildman–Crippen LogP) is 2.77. The van der Waals surface area contributed by atoms with E-state index in [0.29, 0.717) is 6.54 Å². The van der Waals surface area contributed by atoms with Crippen LogP contribution in [0.3, 0.4) is 0 Å². The zero-order valence-corrected chi connectivity index (χ0v) is 10.7. The standard InChI is InChI=1S/C14H18FN3/c1-10(2)18-14(12(7-8-16)9-17-18)11-3-5-13(15)6-4-11/h3-6,9-10H,7-8,16H2,1-2H3. The van der Waals surface area contributed by atoms with Gasteiger partial charge in [-0.2, -0.15) is 5.10 Å². The SMILES string of the molecule is CC(C)n1ncc(CCN)c1-c1ccc(F)cc1. The van der Waals surface area contributed by atoms with Crippen LogP contribution >= 0.6 is 0 Å². The van der Waals surface area contributed by atoms with Crippen LogP contribution in [0.2, 0.25) is 0 Å². The van der Waals surface area contributed by atoms with Crippen LogP contribution in [0.25, 0.3) is 11.3 Å². The molecule has 0 bridgehead atoms. The van der Waals surface area contributed by atoms with Gasteiger partial charge in [0.15, 0.2) is 0 Å². The van der Waals surface area contributed by atoms with E-state index in [9.17, 15) is 4.39 Å². The van der Waals surface area contributed by atoms with Crippen molar-refractivity contribution in [2.24, 2.45) is 5.73 Å². The first-order chi connectivity index (χ1) is 8.63. The summed E-state index contributed by atoms with van der Waals surface area (Å²) in [5, 5.41) is 4.40. The summed E-state index contributed by atoms with van der Waals surface area (Å²) >= 11 is 0. The second-order valence-corrected chi connectivity index (χ2v) is 4.60. The number of nitrogens with zero attached hydrogens (tertiary/aromatic N) is 2. The molecule has 18 heavy (non-hydrogen) atoms. The number of benzene rings is 1. The second-order valence-electron chi connectivity index (χ2n) is 4.60. The average molecular weight is 247 g/mol. The molecule has 2 N–H and O–H groups in total. The molecule has 0 saturated carbocycles. The van der Waals surface area contributed by atoms with Gasteiger partial charge in [-0.05, 0) is 56.6 Å². The van der Waals surface area contributed by atoms with Gasteiger partial charge < -0.3 is 5.73 Å². The van der Waals surface area contributed by atoms with Gasteiger partial charge in [-0.15, -0.1) is 0 Å². The van der Waals surface area contributed by atoms with Gasteiger partial charge in [0.05, 0.1) is 11.9 Å². The molecule has 4 heteroatoms. The Morgan fingerprint density at radius 1 is 1.28 bits per heavy atom. The van der Waals surface area contributed by atoms with Crippen molar-refractivity contribution in [2.75, 3.05) is 6.54 Å². The molecule has 0 fully saturated rings. The van der Waals surface area contributed by atoms with Crippen molar-refractivity contribution in [3.63, 3.8) is 0 Å². The van der Waals surface area contributed by atoms with Gasteiger partial charge in [0.1, 0.15) is 5.82 Å². The van der Waals surface area contributed by atoms with Crippen LogP contribution in [-0.4, -0.2) is 16.3 Å². The van der Waals surface area contributed by atoms with Gasteiger partial charge >= 0.3 is 0 Å². The highest BCUT2D eigenvalue weighted by atomic mass is 19.1. The number of nitrogens with two attached hydrogens (primary N) is 1. The molecule has 0 saturated heterocycles. The molecule has 2 rings (SSSR count). The Morgan fingerprint density at radius 3 is 2.50 bits per heavy atom. The van der Waals surface area contributed by atoms with Crippen molar-refractivity contribution in [3.8, 4) is 11.3 Å². The van der Waals surface area contributed by atoms with Gasteiger partial charge in [0, 0.05) is 11.6 Å². The van der Waals surface area contributed by atoms with Crippen LogP contribution in [0.5, 0.6) is 0 Å². The fourth-order valence-corrected chi connectivity index (χ4v) is 2.05. The third-order valence-electron chi connectivity index (χ3n) is 2.89. The first-order valence-corrected chi connectivity index (χ1v) is 6.16. The first-order valence-electron chi connectivity index (χ1n) is 6.16. The number of hydrogen-bond acceptors (Lipinski definition) is 2. The van der Waals surface area contributed by atoms with E-state index < -0.39 is 0 Å². The lowest BCUT2D eigenvalue weighted by atomic mass is 10.1. The van der Waals surface area contributed by atoms with Crippen LogP contribution in [0.4, 0.5) is 4.39 Å². The average Bonchev–Trinajstić information content (AvgIpc) is 2.75. The quantitative estimate of drug-likeness (QED) is 0.902. The maximum atomic E-state index is 13.0. The highest BCUT2D eigenvalue weighted by Gasteiger charge is 2.14. The number of rotatable bonds is 4. The van der Waals surface area contributed by atoms with Gasteiger partial charge in [0.2, 0.25) is 0 Å². The van der Waals surface area contributed by atoms with Crippen LogP contribution in [0.1, 0.15) is 25.5 Å². The normalized spacial score (nSPS) is 11.2. The summed E-state index contributed by atoms with van der Waals surface area (Å²) in [6, 6.07) is 6.77. The third-order valence-corrected chi connectivity index (χ3v) is 2.89. The molecular weight excluding hydrogens is 229 g/mol. The molecule has 3 nitrogen and oxygen atoms in total. The zero-order valence-electron chi connectivity index (χ0n) is 10.7. The lowest BCUT2D eigenvalue weighted by Gasteiger charge is -2.13. The molecule has 0 unspecified atom stereocenters. The van der Waals surface area contributed by atoms with E-state index in [-0.39, 0.29) is 11.9 Å². The zero-order chi connectivity index (χ0) is 13.1.